The Hall–Kier alpha value is -1.01. The number of thiazole rings is 1. The third-order valence-electron chi connectivity index (χ3n) is 3.76. The molecule has 0 radical (unpaired) electrons. The van der Waals surface area contributed by atoms with Gasteiger partial charge in [0.1, 0.15) is 5.01 Å². The molecule has 1 aliphatic rings. The molecule has 1 aliphatic carbocycles. The number of rotatable bonds is 4. The number of nitrogens with one attached hydrogen (secondary N) is 1. The van der Waals surface area contributed by atoms with Crippen LogP contribution in [-0.4, -0.2) is 15.9 Å². The van der Waals surface area contributed by atoms with E-state index in [0.29, 0.717) is 4.99 Å². The SMILES string of the molecule is CC(C)(NC(=O)C1(C(N)=S)CCCC1)c1nccs1. The second kappa shape index (κ2) is 5.17. The maximum Gasteiger partial charge on any atom is 0.233 e. The average Bonchev–Trinajstić information content (AvgIpc) is 3.01. The Kier molecular flexibility index (Phi) is 3.92. The van der Waals surface area contributed by atoms with E-state index in [4.69, 9.17) is 18.0 Å². The first-order chi connectivity index (χ1) is 8.88. The molecule has 1 heterocycles. The first kappa shape index (κ1) is 14.4. The number of carbonyl (C=O) groups is 1. The zero-order valence-electron chi connectivity index (χ0n) is 11.2. The van der Waals surface area contributed by atoms with Gasteiger partial charge in [-0.25, -0.2) is 4.98 Å². The maximum atomic E-state index is 12.6. The number of carbonyl (C=O) groups excluding carboxylic acids is 1. The molecule has 1 saturated carbocycles. The van der Waals surface area contributed by atoms with Crippen molar-refractivity contribution in [2.45, 2.75) is 45.1 Å². The quantitative estimate of drug-likeness (QED) is 0.837. The lowest BCUT2D eigenvalue weighted by Gasteiger charge is -2.32. The van der Waals surface area contributed by atoms with E-state index in [-0.39, 0.29) is 5.91 Å². The minimum absolute atomic E-state index is 0.0577. The van der Waals surface area contributed by atoms with Crippen molar-refractivity contribution in [2.75, 3.05) is 0 Å². The van der Waals surface area contributed by atoms with Crippen molar-refractivity contribution in [1.82, 2.24) is 10.3 Å². The molecule has 1 amide bonds. The predicted octanol–water partition coefficient (Wildman–Crippen LogP) is 2.34. The molecule has 0 aliphatic heterocycles. The van der Waals surface area contributed by atoms with Crippen molar-refractivity contribution >= 4 is 34.5 Å². The van der Waals surface area contributed by atoms with Gasteiger partial charge in [-0.15, -0.1) is 11.3 Å². The van der Waals surface area contributed by atoms with Gasteiger partial charge in [0.05, 0.1) is 15.9 Å². The number of amides is 1. The van der Waals surface area contributed by atoms with Gasteiger partial charge in [0.15, 0.2) is 0 Å². The van der Waals surface area contributed by atoms with Gasteiger partial charge in [-0.3, -0.25) is 4.79 Å². The zero-order chi connectivity index (χ0) is 14.1. The molecule has 0 bridgehead atoms. The molecule has 0 atom stereocenters. The minimum atomic E-state index is -0.663. The third-order valence-corrected chi connectivity index (χ3v) is 5.24. The summed E-state index contributed by atoms with van der Waals surface area (Å²) < 4.78 is 0. The molecular formula is C13H19N3OS2. The largest absolute Gasteiger partial charge is 0.392 e. The van der Waals surface area contributed by atoms with Crippen LogP contribution in [0.25, 0.3) is 0 Å². The highest BCUT2D eigenvalue weighted by atomic mass is 32.1. The molecule has 1 aromatic rings. The van der Waals surface area contributed by atoms with Gasteiger partial charge >= 0.3 is 0 Å². The maximum absolute atomic E-state index is 12.6. The second-order valence-corrected chi connectivity index (χ2v) is 6.90. The molecule has 1 fully saturated rings. The summed E-state index contributed by atoms with van der Waals surface area (Å²) in [5.41, 5.74) is 4.67. The number of hydrogen-bond acceptors (Lipinski definition) is 4. The van der Waals surface area contributed by atoms with Gasteiger partial charge in [-0.05, 0) is 26.7 Å². The first-order valence-electron chi connectivity index (χ1n) is 6.41. The molecule has 0 aromatic carbocycles. The summed E-state index contributed by atoms with van der Waals surface area (Å²) in [6.07, 6.45) is 5.25. The van der Waals surface area contributed by atoms with Crippen LogP contribution in [0.2, 0.25) is 0 Å². The van der Waals surface area contributed by atoms with E-state index >= 15 is 0 Å². The summed E-state index contributed by atoms with van der Waals surface area (Å²) in [5, 5.41) is 5.86. The normalized spacial score (nSPS) is 18.2. The van der Waals surface area contributed by atoms with Crippen LogP contribution in [0, 0.1) is 5.41 Å². The van der Waals surface area contributed by atoms with Crippen LogP contribution in [0.1, 0.15) is 44.5 Å². The lowest BCUT2D eigenvalue weighted by Crippen LogP contribution is -2.52. The topological polar surface area (TPSA) is 68.0 Å². The summed E-state index contributed by atoms with van der Waals surface area (Å²) in [7, 11) is 0. The highest BCUT2D eigenvalue weighted by molar-refractivity contribution is 7.80. The molecule has 0 unspecified atom stereocenters. The Morgan fingerprint density at radius 2 is 2.16 bits per heavy atom. The van der Waals surface area contributed by atoms with Gasteiger partial charge in [-0.1, -0.05) is 25.1 Å². The first-order valence-corrected chi connectivity index (χ1v) is 7.70. The molecule has 3 N–H and O–H groups in total. The molecule has 0 spiro atoms. The van der Waals surface area contributed by atoms with Crippen LogP contribution >= 0.6 is 23.6 Å². The smallest absolute Gasteiger partial charge is 0.233 e. The van der Waals surface area contributed by atoms with Gasteiger partial charge in [0, 0.05) is 11.6 Å². The van der Waals surface area contributed by atoms with Gasteiger partial charge < -0.3 is 11.1 Å². The van der Waals surface area contributed by atoms with Crippen LogP contribution in [0.4, 0.5) is 0 Å². The molecular weight excluding hydrogens is 278 g/mol. The third kappa shape index (κ3) is 2.65. The zero-order valence-corrected chi connectivity index (χ0v) is 12.9. The van der Waals surface area contributed by atoms with Crippen LogP contribution in [0.3, 0.4) is 0 Å². The predicted molar refractivity (Wildman–Crippen MR) is 81.0 cm³/mol. The van der Waals surface area contributed by atoms with E-state index < -0.39 is 11.0 Å². The summed E-state index contributed by atoms with van der Waals surface area (Å²) in [5.74, 6) is -0.0577. The Labute approximate surface area is 122 Å². The molecule has 1 aromatic heterocycles. The number of aromatic nitrogens is 1. The molecule has 6 heteroatoms. The Morgan fingerprint density at radius 1 is 1.53 bits per heavy atom. The summed E-state index contributed by atoms with van der Waals surface area (Å²) in [6, 6.07) is 0. The fourth-order valence-corrected chi connectivity index (χ4v) is 3.57. The van der Waals surface area contributed by atoms with Crippen molar-refractivity contribution in [3.05, 3.63) is 16.6 Å². The lowest BCUT2D eigenvalue weighted by molar-refractivity contribution is -0.129. The van der Waals surface area contributed by atoms with Crippen molar-refractivity contribution in [2.24, 2.45) is 11.1 Å². The number of nitrogens with zero attached hydrogens (tertiary/aromatic N) is 1. The highest BCUT2D eigenvalue weighted by Gasteiger charge is 2.45. The number of nitrogens with two attached hydrogens (primary N) is 1. The summed E-state index contributed by atoms with van der Waals surface area (Å²) in [4.78, 5) is 17.2. The lowest BCUT2D eigenvalue weighted by atomic mass is 9.84. The van der Waals surface area contributed by atoms with Crippen LogP contribution in [-0.2, 0) is 10.3 Å². The van der Waals surface area contributed by atoms with Gasteiger partial charge in [0.2, 0.25) is 5.91 Å². The van der Waals surface area contributed by atoms with E-state index in [9.17, 15) is 4.79 Å². The average molecular weight is 297 g/mol. The van der Waals surface area contributed by atoms with E-state index in [0.717, 1.165) is 30.7 Å². The Bertz CT molecular complexity index is 476. The van der Waals surface area contributed by atoms with Crippen molar-refractivity contribution in [3.8, 4) is 0 Å². The van der Waals surface area contributed by atoms with Gasteiger partial charge in [0.25, 0.3) is 0 Å². The van der Waals surface area contributed by atoms with Crippen LogP contribution in [0.5, 0.6) is 0 Å². The van der Waals surface area contributed by atoms with Crippen molar-refractivity contribution in [3.63, 3.8) is 0 Å². The van der Waals surface area contributed by atoms with Crippen molar-refractivity contribution < 1.29 is 4.79 Å². The second-order valence-electron chi connectivity index (χ2n) is 5.57. The van der Waals surface area contributed by atoms with E-state index in [1.165, 1.54) is 11.3 Å². The minimum Gasteiger partial charge on any atom is -0.392 e. The van der Waals surface area contributed by atoms with E-state index in [2.05, 4.69) is 10.3 Å². The Balaban J connectivity index is 2.18. The van der Waals surface area contributed by atoms with Crippen LogP contribution in [0.15, 0.2) is 11.6 Å². The standard InChI is InChI=1S/C13H19N3OS2/c1-12(2,11-15-7-8-19-11)16-10(17)13(9(14)18)5-3-4-6-13/h7-8H,3-6H2,1-2H3,(H2,14,18)(H,16,17). The molecule has 104 valence electrons. The molecule has 0 saturated heterocycles. The highest BCUT2D eigenvalue weighted by Crippen LogP contribution is 2.39. The molecule has 19 heavy (non-hydrogen) atoms. The van der Waals surface area contributed by atoms with Crippen molar-refractivity contribution in [1.29, 1.82) is 0 Å². The number of hydrogen-bond donors (Lipinski definition) is 2. The monoisotopic (exact) mass is 297 g/mol. The summed E-state index contributed by atoms with van der Waals surface area (Å²) in [6.45, 7) is 3.90. The van der Waals surface area contributed by atoms with E-state index in [1.807, 2.05) is 19.2 Å². The fraction of sp³-hybridized carbons (Fsp3) is 0.615. The Morgan fingerprint density at radius 3 is 2.63 bits per heavy atom. The molecule has 4 nitrogen and oxygen atoms in total. The number of thiocarbonyl (C=S) groups is 1. The van der Waals surface area contributed by atoms with Gasteiger partial charge in [-0.2, -0.15) is 0 Å². The molecule has 2 rings (SSSR count). The summed E-state index contributed by atoms with van der Waals surface area (Å²) >= 11 is 6.67. The van der Waals surface area contributed by atoms with E-state index in [1.54, 1.807) is 6.20 Å². The van der Waals surface area contributed by atoms with Crippen LogP contribution < -0.4 is 11.1 Å². The fourth-order valence-electron chi connectivity index (χ4n) is 2.55.